The van der Waals surface area contributed by atoms with Crippen LogP contribution in [0.15, 0.2) is 4.99 Å². The molecule has 8 N–H and O–H groups in total. The fourth-order valence-electron chi connectivity index (χ4n) is 17.5. The Hall–Kier alpha value is -9.31. The number of amides is 8. The Morgan fingerprint density at radius 2 is 0.613 bits per heavy atom. The maximum atomic E-state index is 14.7. The lowest BCUT2D eigenvalue weighted by Gasteiger charge is -2.44. The van der Waals surface area contributed by atoms with Crippen LogP contribution in [0.1, 0.15) is 348 Å². The highest BCUT2D eigenvalue weighted by molar-refractivity contribution is 7.44. The number of esters is 9. The van der Waals surface area contributed by atoms with E-state index in [1.807, 2.05) is 0 Å². The van der Waals surface area contributed by atoms with E-state index in [0.717, 1.165) is 142 Å². The van der Waals surface area contributed by atoms with E-state index in [4.69, 9.17) is 84.8 Å². The van der Waals surface area contributed by atoms with Gasteiger partial charge >= 0.3 is 53.7 Å². The van der Waals surface area contributed by atoms with Crippen LogP contribution in [-0.4, -0.2) is 321 Å². The van der Waals surface area contributed by atoms with Crippen molar-refractivity contribution in [2.45, 2.75) is 464 Å². The third kappa shape index (κ3) is 61.5. The Kier molecular flexibility index (Phi) is 72.4. The highest BCUT2D eigenvalue weighted by Gasteiger charge is 2.55. The number of ether oxygens (including phenoxy) is 16. The molecule has 0 saturated carbocycles. The van der Waals surface area contributed by atoms with E-state index in [2.05, 4.69) is 79.9 Å². The van der Waals surface area contributed by atoms with Crippen molar-refractivity contribution < 1.29 is 166 Å². The number of unbranched alkanes of at least 4 members (excludes halogenated alkanes) is 26. The second kappa shape index (κ2) is 80.5. The molecule has 0 aromatic heterocycles. The molecule has 3 fully saturated rings. The first-order valence-electron chi connectivity index (χ1n) is 53.9. The van der Waals surface area contributed by atoms with Crippen LogP contribution < -0.4 is 42.5 Å². The SMILES string of the molecule is CN=CCCOP(OCCOCCNC(=O)C(CCCCNC(=O)CCCCCCCCCCCOC1OC(COC(C)=O)C(OC(C)=O)C(OC(C)=O)C1NC(C)=O)NC(=O)C(CCCCNC(=O)CCCCCCCCCCCOC1OC(COC(C)=O)C(OC(C)=O)C(OC(C)=O)C1NC(C)=O)NC(=O)CCCCCCCCCCCOC1OC(COC(C)=O)C(OC(C)=O)C(OC(C)=O)C1NC(C)=O)N(C(C)C)C(C)C. The average molecular weight is 2160 g/mol. The summed E-state index contributed by atoms with van der Waals surface area (Å²) in [5.74, 6) is -9.11. The Morgan fingerprint density at radius 3 is 0.920 bits per heavy atom. The zero-order valence-corrected chi connectivity index (χ0v) is 92.9. The number of hydrogen-bond donors (Lipinski definition) is 8. The normalized spacial score (nSPS) is 21.1. The van der Waals surface area contributed by atoms with Crippen molar-refractivity contribution in [1.29, 1.82) is 0 Å². The zero-order chi connectivity index (χ0) is 111. The minimum Gasteiger partial charge on any atom is -0.463 e. The third-order valence-electron chi connectivity index (χ3n) is 24.3. The van der Waals surface area contributed by atoms with Crippen LogP contribution in [-0.2, 0) is 166 Å². The van der Waals surface area contributed by atoms with Gasteiger partial charge in [0.1, 0.15) is 68.3 Å². The van der Waals surface area contributed by atoms with E-state index in [-0.39, 0.29) is 115 Å². The molecule has 3 rings (SSSR count). The molecular formula is C104H179N10O35P. The lowest BCUT2D eigenvalue weighted by atomic mass is 9.96. The van der Waals surface area contributed by atoms with Gasteiger partial charge in [-0.25, -0.2) is 4.67 Å². The van der Waals surface area contributed by atoms with Gasteiger partial charge in [0.25, 0.3) is 8.53 Å². The number of nitrogens with one attached hydrogen (secondary N) is 8. The maximum Gasteiger partial charge on any atom is 0.303 e. The lowest BCUT2D eigenvalue weighted by Crippen LogP contribution is -2.66. The summed E-state index contributed by atoms with van der Waals surface area (Å²) in [6, 6.07) is -5.00. The molecule has 0 aromatic rings. The number of carbonyl (C=O) groups excluding carboxylic acids is 17. The highest BCUT2D eigenvalue weighted by atomic mass is 31.2. The van der Waals surface area contributed by atoms with Gasteiger partial charge in [-0.3, -0.25) is 81.5 Å². The Labute approximate surface area is 887 Å². The molecule has 3 saturated heterocycles. The van der Waals surface area contributed by atoms with Crippen molar-refractivity contribution in [2.24, 2.45) is 4.99 Å². The molecule has 0 aromatic carbocycles. The molecule has 3 heterocycles. The van der Waals surface area contributed by atoms with Crippen molar-refractivity contribution in [1.82, 2.24) is 47.2 Å². The van der Waals surface area contributed by atoms with E-state index in [1.165, 1.54) is 76.2 Å². The van der Waals surface area contributed by atoms with Gasteiger partial charge in [0.2, 0.25) is 47.3 Å². The summed E-state index contributed by atoms with van der Waals surface area (Å²) in [7, 11) is 0.277. The molecule has 860 valence electrons. The molecule has 18 atom stereocenters. The van der Waals surface area contributed by atoms with Crippen LogP contribution in [0.25, 0.3) is 0 Å². The molecule has 0 radical (unpaired) electrons. The highest BCUT2D eigenvalue weighted by Crippen LogP contribution is 2.46. The van der Waals surface area contributed by atoms with E-state index in [1.54, 1.807) is 13.3 Å². The largest absolute Gasteiger partial charge is 0.463 e. The lowest BCUT2D eigenvalue weighted by molar-refractivity contribution is -0.277. The topological polar surface area (TPSA) is 568 Å². The van der Waals surface area contributed by atoms with Crippen LogP contribution in [0.3, 0.4) is 0 Å². The van der Waals surface area contributed by atoms with E-state index >= 15 is 0 Å². The monoisotopic (exact) mass is 2160 g/mol. The zero-order valence-electron chi connectivity index (χ0n) is 92.0. The van der Waals surface area contributed by atoms with Crippen LogP contribution in [0.2, 0.25) is 0 Å². The Morgan fingerprint density at radius 1 is 0.313 bits per heavy atom. The van der Waals surface area contributed by atoms with Crippen molar-refractivity contribution in [3.8, 4) is 0 Å². The Bertz CT molecular complexity index is 4000. The van der Waals surface area contributed by atoms with Crippen molar-refractivity contribution in [3.05, 3.63) is 0 Å². The number of carbonyl (C=O) groups is 17. The molecule has 3 aliphatic heterocycles. The van der Waals surface area contributed by atoms with E-state index < -0.39 is 196 Å². The summed E-state index contributed by atoms with van der Waals surface area (Å²) in [6.07, 6.45) is 14.1. The predicted molar refractivity (Wildman–Crippen MR) is 550 cm³/mol. The fourth-order valence-corrected chi connectivity index (χ4v) is 19.1. The molecule has 46 heteroatoms. The number of aliphatic imine (C=N–C) groups is 1. The molecule has 45 nitrogen and oxygen atoms in total. The maximum absolute atomic E-state index is 14.7. The smallest absolute Gasteiger partial charge is 0.303 e. The van der Waals surface area contributed by atoms with Gasteiger partial charge < -0.3 is 132 Å². The van der Waals surface area contributed by atoms with Crippen molar-refractivity contribution in [2.75, 3.05) is 92.8 Å². The van der Waals surface area contributed by atoms with Crippen molar-refractivity contribution >= 4 is 116 Å². The molecule has 0 aliphatic carbocycles. The molecule has 3 aliphatic rings. The summed E-state index contributed by atoms with van der Waals surface area (Å²) >= 11 is 0. The number of nitrogens with zero attached hydrogens (tertiary/aromatic N) is 2. The summed E-state index contributed by atoms with van der Waals surface area (Å²) in [5, 5.41) is 23.0. The quantitative estimate of drug-likeness (QED) is 0.00922. The molecule has 150 heavy (non-hydrogen) atoms. The summed E-state index contributed by atoms with van der Waals surface area (Å²) in [5.41, 5.74) is 0. The minimum absolute atomic E-state index is 0.0983. The van der Waals surface area contributed by atoms with Gasteiger partial charge in [-0.15, -0.1) is 0 Å². The molecule has 18 unspecified atom stereocenters. The molecular weight excluding hydrogens is 1980 g/mol. The van der Waals surface area contributed by atoms with Gasteiger partial charge in [0.05, 0.1) is 26.4 Å². The molecule has 8 amide bonds. The van der Waals surface area contributed by atoms with Gasteiger partial charge in [-0.05, 0) is 105 Å². The first-order valence-corrected chi connectivity index (χ1v) is 55.0. The number of rotatable bonds is 82. The van der Waals surface area contributed by atoms with Crippen LogP contribution >= 0.6 is 8.53 Å². The minimum atomic E-state index is -1.43. The van der Waals surface area contributed by atoms with Crippen LogP contribution in [0, 0.1) is 0 Å². The van der Waals surface area contributed by atoms with E-state index in [0.29, 0.717) is 103 Å². The average Bonchev–Trinajstić information content (AvgIpc) is 0.792. The second-order valence-electron chi connectivity index (χ2n) is 38.5. The summed E-state index contributed by atoms with van der Waals surface area (Å²) < 4.78 is 106. The van der Waals surface area contributed by atoms with Crippen LogP contribution in [0.5, 0.6) is 0 Å². The van der Waals surface area contributed by atoms with Gasteiger partial charge in [-0.1, -0.05) is 135 Å². The number of hydrogen-bond acceptors (Lipinski definition) is 37. The summed E-state index contributed by atoms with van der Waals surface area (Å²) in [6.45, 7) is 24.1. The fraction of sp³-hybridized carbons (Fsp3) is 0.827. The van der Waals surface area contributed by atoms with E-state index in [9.17, 15) is 81.5 Å². The second-order valence-corrected chi connectivity index (χ2v) is 40.0. The van der Waals surface area contributed by atoms with Gasteiger partial charge in [0, 0.05) is 174 Å². The van der Waals surface area contributed by atoms with Crippen molar-refractivity contribution in [3.63, 3.8) is 0 Å². The van der Waals surface area contributed by atoms with Gasteiger partial charge in [0.15, 0.2) is 55.5 Å². The standard InChI is InChI=1S/C104H179N10O35P/c1-69(2)114(70(3)4)150(139-62-49-55-105-17)140-65-64-132-63-58-108-100(130)83(50-42-44-56-106-88(127)52-39-33-27-21-18-24-30-36-46-59-133-102-91(109-71(5)115)97(144-80(14)124)94(141-77(11)121)85(147-102)66-136-74(8)118)113-101(131)84(112-90(129)54-41-35-29-23-20-26-32-38-48-61-135-104-93(111-73(7)117)99(146-82(16)126)96(143-79(13)123)87(149-104)68-138-76(10)120)51-43-45-57-107-89(128)53-40-34-28-22-19-25-31-37-47-60-134-103-92(110-72(6)116)98(145-81(15)125)95(142-78(12)122)86(148-103)67-137-75(9)119/h55,69-70,83-87,91-99,102-104H,18-54,56-68H2,1-17H3,(H,106,127)(H,107,128)(H,108,130)(H,109,115)(H,110,116)(H,111,117)(H,112,129)(H,113,131). The Balaban J connectivity index is 1.66. The predicted octanol–water partition coefficient (Wildman–Crippen LogP) is 9.85. The molecule has 0 bridgehead atoms. The summed E-state index contributed by atoms with van der Waals surface area (Å²) in [4.78, 5) is 219. The molecule has 0 spiro atoms. The van der Waals surface area contributed by atoms with Crippen LogP contribution in [0.4, 0.5) is 0 Å². The van der Waals surface area contributed by atoms with Gasteiger partial charge in [-0.2, -0.15) is 0 Å². The first-order chi connectivity index (χ1) is 71.6. The third-order valence-corrected chi connectivity index (χ3v) is 26.4. The first kappa shape index (κ1) is 135.